The van der Waals surface area contributed by atoms with E-state index in [2.05, 4.69) is 0 Å². The Balaban J connectivity index is 2.81. The molecule has 0 N–H and O–H groups in total. The molecule has 88 valence electrons. The maximum atomic E-state index is 11.5. The molecule has 0 spiro atoms. The van der Waals surface area contributed by atoms with Gasteiger partial charge in [0.1, 0.15) is 0 Å². The first-order valence-corrected chi connectivity index (χ1v) is 5.14. The summed E-state index contributed by atoms with van der Waals surface area (Å²) in [5.74, 6) is -1.81. The summed E-state index contributed by atoms with van der Waals surface area (Å²) in [6, 6.07) is 1.90. The van der Waals surface area contributed by atoms with Crippen molar-refractivity contribution in [1.29, 1.82) is 5.26 Å². The lowest BCUT2D eigenvalue weighted by atomic mass is 9.86. The Bertz CT molecular complexity index is 347. The van der Waals surface area contributed by atoms with Crippen LogP contribution in [0.2, 0.25) is 0 Å². The Kier molecular flexibility index (Phi) is 3.46. The molecule has 1 aliphatic heterocycles. The van der Waals surface area contributed by atoms with E-state index in [4.69, 9.17) is 14.7 Å². The molecular weight excluding hydrogens is 210 g/mol. The lowest BCUT2D eigenvalue weighted by Crippen LogP contribution is -2.54. The highest BCUT2D eigenvalue weighted by molar-refractivity contribution is 5.87. The fourth-order valence-corrected chi connectivity index (χ4v) is 1.43. The molecule has 0 aliphatic carbocycles. The average Bonchev–Trinajstić information content (AvgIpc) is 2.29. The van der Waals surface area contributed by atoms with E-state index in [1.54, 1.807) is 6.92 Å². The summed E-state index contributed by atoms with van der Waals surface area (Å²) < 4.78 is 10.5. The van der Waals surface area contributed by atoms with E-state index in [0.29, 0.717) is 0 Å². The lowest BCUT2D eigenvalue weighted by molar-refractivity contribution is -0.265. The normalized spacial score (nSPS) is 34.1. The summed E-state index contributed by atoms with van der Waals surface area (Å²) in [5, 5.41) is 8.96. The SMILES string of the molecule is CCC(=O)C1(C)OCC(C#N)(C(C)=O)CO1. The van der Waals surface area contributed by atoms with Gasteiger partial charge in [-0.2, -0.15) is 5.26 Å². The Morgan fingerprint density at radius 3 is 2.19 bits per heavy atom. The fourth-order valence-electron chi connectivity index (χ4n) is 1.43. The lowest BCUT2D eigenvalue weighted by Gasteiger charge is -2.39. The number of ether oxygens (including phenoxy) is 2. The molecule has 0 amide bonds. The van der Waals surface area contributed by atoms with Crippen molar-refractivity contribution < 1.29 is 19.1 Å². The van der Waals surface area contributed by atoms with Gasteiger partial charge in [-0.25, -0.2) is 0 Å². The zero-order valence-corrected chi connectivity index (χ0v) is 9.70. The number of hydrogen-bond donors (Lipinski definition) is 0. The maximum absolute atomic E-state index is 11.5. The van der Waals surface area contributed by atoms with E-state index in [0.717, 1.165) is 0 Å². The van der Waals surface area contributed by atoms with Crippen molar-refractivity contribution in [2.45, 2.75) is 33.0 Å². The van der Waals surface area contributed by atoms with Crippen molar-refractivity contribution >= 4 is 11.6 Å². The van der Waals surface area contributed by atoms with Crippen molar-refractivity contribution in [3.05, 3.63) is 0 Å². The molecule has 16 heavy (non-hydrogen) atoms. The first-order valence-electron chi connectivity index (χ1n) is 5.14. The Labute approximate surface area is 94.3 Å². The van der Waals surface area contributed by atoms with Crippen LogP contribution in [-0.4, -0.2) is 30.6 Å². The summed E-state index contributed by atoms with van der Waals surface area (Å²) in [7, 11) is 0. The molecule has 1 fully saturated rings. The van der Waals surface area contributed by atoms with Crippen LogP contribution in [0.1, 0.15) is 27.2 Å². The number of hydrogen-bond acceptors (Lipinski definition) is 5. The number of Topliss-reactive ketones (excluding diaryl/α,β-unsaturated/α-hetero) is 2. The largest absolute Gasteiger partial charge is 0.342 e. The second-order valence-electron chi connectivity index (χ2n) is 4.05. The molecule has 1 heterocycles. The molecule has 1 aliphatic rings. The molecule has 5 nitrogen and oxygen atoms in total. The summed E-state index contributed by atoms with van der Waals surface area (Å²) in [5.41, 5.74) is -1.27. The van der Waals surface area contributed by atoms with Crippen LogP contribution in [-0.2, 0) is 19.1 Å². The standard InChI is InChI=1S/C11H15NO4/c1-4-9(14)10(3)15-6-11(5-12,7-16-10)8(2)13/h4,6-7H2,1-3H3. The molecule has 1 saturated heterocycles. The van der Waals surface area contributed by atoms with Gasteiger partial charge in [-0.05, 0) is 13.8 Å². The number of ketones is 2. The monoisotopic (exact) mass is 225 g/mol. The number of rotatable bonds is 3. The second-order valence-corrected chi connectivity index (χ2v) is 4.05. The van der Waals surface area contributed by atoms with Crippen molar-refractivity contribution in [3.63, 3.8) is 0 Å². The van der Waals surface area contributed by atoms with Crippen LogP contribution in [0.5, 0.6) is 0 Å². The minimum atomic E-state index is -1.31. The minimum Gasteiger partial charge on any atom is -0.342 e. The fraction of sp³-hybridized carbons (Fsp3) is 0.727. The Morgan fingerprint density at radius 2 is 1.88 bits per heavy atom. The van der Waals surface area contributed by atoms with Gasteiger partial charge in [0.15, 0.2) is 17.0 Å². The second kappa shape index (κ2) is 4.32. The summed E-state index contributed by atoms with van der Waals surface area (Å²) in [6.07, 6.45) is 0.288. The molecule has 5 heteroatoms. The van der Waals surface area contributed by atoms with Crippen LogP contribution in [0.15, 0.2) is 0 Å². The predicted octanol–water partition coefficient (Wildman–Crippen LogP) is 0.827. The number of nitriles is 1. The van der Waals surface area contributed by atoms with E-state index in [9.17, 15) is 9.59 Å². The van der Waals surface area contributed by atoms with Gasteiger partial charge in [-0.3, -0.25) is 9.59 Å². The van der Waals surface area contributed by atoms with Crippen LogP contribution < -0.4 is 0 Å². The van der Waals surface area contributed by atoms with Gasteiger partial charge >= 0.3 is 0 Å². The highest BCUT2D eigenvalue weighted by Gasteiger charge is 2.48. The minimum absolute atomic E-state index is 0.0962. The van der Waals surface area contributed by atoms with Crippen LogP contribution >= 0.6 is 0 Å². The molecule has 0 atom stereocenters. The highest BCUT2D eigenvalue weighted by atomic mass is 16.7. The van der Waals surface area contributed by atoms with Crippen LogP contribution in [0.3, 0.4) is 0 Å². The van der Waals surface area contributed by atoms with Gasteiger partial charge in [0.05, 0.1) is 19.3 Å². The zero-order chi connectivity index (χ0) is 12.4. The van der Waals surface area contributed by atoms with Crippen molar-refractivity contribution in [3.8, 4) is 6.07 Å². The first kappa shape index (κ1) is 12.8. The van der Waals surface area contributed by atoms with Gasteiger partial charge in [0.25, 0.3) is 0 Å². The third kappa shape index (κ3) is 1.99. The van der Waals surface area contributed by atoms with E-state index in [-0.39, 0.29) is 31.2 Å². The molecule has 1 rings (SSSR count). The topological polar surface area (TPSA) is 76.4 Å². The van der Waals surface area contributed by atoms with E-state index in [1.807, 2.05) is 6.07 Å². The highest BCUT2D eigenvalue weighted by Crippen LogP contribution is 2.31. The van der Waals surface area contributed by atoms with Crippen molar-refractivity contribution in [2.75, 3.05) is 13.2 Å². The smallest absolute Gasteiger partial charge is 0.226 e. The molecule has 0 aromatic rings. The molecule has 0 saturated carbocycles. The van der Waals surface area contributed by atoms with Gasteiger partial charge in [-0.15, -0.1) is 0 Å². The first-order chi connectivity index (χ1) is 7.40. The molecule has 0 aromatic carbocycles. The molecule has 0 radical (unpaired) electrons. The van der Waals surface area contributed by atoms with Gasteiger partial charge in [0, 0.05) is 6.42 Å². The molecular formula is C11H15NO4. The maximum Gasteiger partial charge on any atom is 0.226 e. The van der Waals surface area contributed by atoms with Gasteiger partial charge in [-0.1, -0.05) is 6.92 Å². The average molecular weight is 225 g/mol. The summed E-state index contributed by atoms with van der Waals surface area (Å²) in [6.45, 7) is 4.35. The third-order valence-corrected chi connectivity index (χ3v) is 2.90. The Hall–Kier alpha value is -1.25. The van der Waals surface area contributed by atoms with Crippen LogP contribution in [0.4, 0.5) is 0 Å². The van der Waals surface area contributed by atoms with Crippen LogP contribution in [0, 0.1) is 16.7 Å². The quantitative estimate of drug-likeness (QED) is 0.711. The van der Waals surface area contributed by atoms with Crippen molar-refractivity contribution in [1.82, 2.24) is 0 Å². The summed E-state index contributed by atoms with van der Waals surface area (Å²) >= 11 is 0. The van der Waals surface area contributed by atoms with E-state index in [1.165, 1.54) is 13.8 Å². The number of nitrogens with zero attached hydrogens (tertiary/aromatic N) is 1. The van der Waals surface area contributed by atoms with E-state index < -0.39 is 11.2 Å². The van der Waals surface area contributed by atoms with Crippen molar-refractivity contribution in [2.24, 2.45) is 5.41 Å². The zero-order valence-electron chi connectivity index (χ0n) is 9.70. The van der Waals surface area contributed by atoms with Gasteiger partial charge < -0.3 is 9.47 Å². The third-order valence-electron chi connectivity index (χ3n) is 2.90. The molecule has 0 unspecified atom stereocenters. The number of carbonyl (C=O) groups is 2. The van der Waals surface area contributed by atoms with Gasteiger partial charge in [0.2, 0.25) is 5.79 Å². The van der Waals surface area contributed by atoms with E-state index >= 15 is 0 Å². The summed E-state index contributed by atoms with van der Waals surface area (Å²) in [4.78, 5) is 22.9. The predicted molar refractivity (Wildman–Crippen MR) is 54.3 cm³/mol. The molecule has 0 aromatic heterocycles. The Morgan fingerprint density at radius 1 is 1.38 bits per heavy atom. The molecule has 0 bridgehead atoms. The number of carbonyl (C=O) groups excluding carboxylic acids is 2. The van der Waals surface area contributed by atoms with Crippen LogP contribution in [0.25, 0.3) is 0 Å².